The Morgan fingerprint density at radius 2 is 0.733 bits per heavy atom. The normalized spacial score (nSPS) is 4.80. The zero-order valence-corrected chi connectivity index (χ0v) is 28.4. The van der Waals surface area contributed by atoms with E-state index in [-0.39, 0.29) is 229 Å². The summed E-state index contributed by atoms with van der Waals surface area (Å²) in [7, 11) is 0. The van der Waals surface area contributed by atoms with Gasteiger partial charge < -0.3 is 10.4 Å². The molecule has 61 valence electrons. The zero-order chi connectivity index (χ0) is 5.98. The van der Waals surface area contributed by atoms with Crippen molar-refractivity contribution in [2.75, 3.05) is 0 Å². The monoisotopic (exact) mass is 724 g/mol. The molecule has 0 amide bonds. The molecule has 0 atom stereocenters. The van der Waals surface area contributed by atoms with Crippen LogP contribution in [0.15, 0.2) is 24.3 Å². The molecule has 0 aliphatic rings. The van der Waals surface area contributed by atoms with Crippen molar-refractivity contribution in [1.82, 2.24) is 0 Å². The third-order valence-corrected chi connectivity index (χ3v) is 0.996. The third kappa shape index (κ3) is 23.1. The van der Waals surface area contributed by atoms with Gasteiger partial charge in [0.05, 0.1) is 0 Å². The van der Waals surface area contributed by atoms with Crippen molar-refractivity contribution in [2.24, 2.45) is 0 Å². The van der Waals surface area contributed by atoms with E-state index in [2.05, 4.69) is 0 Å². The summed E-state index contributed by atoms with van der Waals surface area (Å²) in [4.78, 5) is 0. The number of hydrogen-bond donors (Lipinski definition) is 0. The minimum atomic E-state index is 0. The summed E-state index contributed by atoms with van der Waals surface area (Å²) in [5, 5.41) is 1.29. The van der Waals surface area contributed by atoms with Crippen LogP contribution in [0.4, 0.5) is 0 Å². The molecule has 1 aromatic rings. The van der Waals surface area contributed by atoms with Gasteiger partial charge in [0.1, 0.15) is 0 Å². The predicted molar refractivity (Wildman–Crippen MR) is 34.6 cm³/mol. The van der Waals surface area contributed by atoms with Crippen molar-refractivity contribution in [2.45, 2.75) is 0 Å². The molecule has 1 rings (SSSR count). The Bertz CT molecular complexity index is 246. The molecule has 0 bridgehead atoms. The van der Waals surface area contributed by atoms with Gasteiger partial charge in [-0.25, -0.2) is 12.1 Å². The van der Waals surface area contributed by atoms with E-state index >= 15 is 0 Å². The summed E-state index contributed by atoms with van der Waals surface area (Å²) >= 11 is 0. The summed E-state index contributed by atoms with van der Waals surface area (Å²) in [5.41, 5.74) is 0. The van der Waals surface area contributed by atoms with E-state index in [1.807, 2.05) is 12.1 Å². The van der Waals surface area contributed by atoms with Crippen molar-refractivity contribution < 1.29 is 229 Å². The van der Waals surface area contributed by atoms with Gasteiger partial charge >= 0.3 is 0 Å². The predicted octanol–water partition coefficient (Wildman–Crippen LogP) is 0.244. The fourth-order valence-electron chi connectivity index (χ4n) is 0.511. The van der Waals surface area contributed by atoms with Crippen molar-refractivity contribution in [3.63, 3.8) is 0 Å². The van der Waals surface area contributed by atoms with Crippen LogP contribution in [0.25, 0.3) is 13.2 Å². The molecule has 0 saturated carbocycles. The second-order valence-electron chi connectivity index (χ2n) is 1.63. The molecule has 0 N–H and O–H groups in total. The molecule has 0 fully saturated rings. The van der Waals surface area contributed by atoms with Crippen molar-refractivity contribution in [3.05, 3.63) is 34.7 Å². The molecule has 0 saturated heterocycles. The maximum atomic E-state index is 5.39. The van der Waals surface area contributed by atoms with E-state index in [1.54, 1.807) is 12.1 Å². The Morgan fingerprint density at radius 1 is 0.533 bits per heavy atom. The molecule has 0 heterocycles. The van der Waals surface area contributed by atoms with E-state index in [9.17, 15) is 0 Å². The molecule has 7 radical (unpaired) electrons. The van der Waals surface area contributed by atoms with E-state index in [1.165, 1.54) is 0 Å². The second kappa shape index (κ2) is 28.8. The maximum Gasteiger partial charge on any atom is 0 e. The summed E-state index contributed by atoms with van der Waals surface area (Å²) in [6, 6.07) is 7.25. The summed E-state index contributed by atoms with van der Waals surface area (Å²) in [5.74, 6) is 0. The van der Waals surface area contributed by atoms with Gasteiger partial charge in [0.25, 0.3) is 0 Å². The Hall–Kier alpha value is 6.69. The van der Waals surface area contributed by atoms with Crippen LogP contribution >= 0.6 is 0 Å². The van der Waals surface area contributed by atoms with Gasteiger partial charge in [-0.3, -0.25) is 13.2 Å². The first-order valence-electron chi connectivity index (χ1n) is 2.40. The van der Waals surface area contributed by atoms with Gasteiger partial charge in [0.15, 0.2) is 0 Å². The standard InChI is InChI=1S/C8H6.7Y/c1-7-5-3-4-6-8(7)2;;;;;;;/h1-6H;;;;;;;/q-2;;;;;;;. The van der Waals surface area contributed by atoms with Gasteiger partial charge in [0, 0.05) is 229 Å². The first kappa shape index (κ1) is 43.0. The summed E-state index contributed by atoms with van der Waals surface area (Å²) < 4.78 is 0. The van der Waals surface area contributed by atoms with Crippen molar-refractivity contribution in [1.29, 1.82) is 0 Å². The van der Waals surface area contributed by atoms with E-state index in [0.717, 1.165) is 0 Å². The van der Waals surface area contributed by atoms with Gasteiger partial charge in [0.2, 0.25) is 0 Å². The van der Waals surface area contributed by atoms with Gasteiger partial charge in [-0.15, -0.1) is 12.1 Å². The molecular weight excluding hydrogens is 718 g/mol. The molecule has 0 aromatic heterocycles. The average molecular weight is 724 g/mol. The van der Waals surface area contributed by atoms with E-state index in [4.69, 9.17) is 13.2 Å². The number of hydrogen-bond acceptors (Lipinski definition) is 0. The molecule has 0 nitrogen and oxygen atoms in total. The smallest absolute Gasteiger partial charge is 0 e. The van der Waals surface area contributed by atoms with Crippen LogP contribution < -0.4 is 10.4 Å². The molecule has 7 heteroatoms. The summed E-state index contributed by atoms with van der Waals surface area (Å²) in [6.07, 6.45) is 0. The van der Waals surface area contributed by atoms with Crippen LogP contribution in [-0.4, -0.2) is 0 Å². The zero-order valence-electron chi connectivity index (χ0n) is 8.51. The quantitative estimate of drug-likeness (QED) is 0.337. The van der Waals surface area contributed by atoms with Gasteiger partial charge in [-0.05, 0) is 0 Å². The van der Waals surface area contributed by atoms with Crippen LogP contribution in [0.3, 0.4) is 0 Å². The van der Waals surface area contributed by atoms with E-state index in [0.29, 0.717) is 10.4 Å². The third-order valence-electron chi connectivity index (χ3n) is 0.996. The van der Waals surface area contributed by atoms with E-state index < -0.39 is 0 Å². The minimum Gasteiger partial charge on any atom is -0.306 e. The van der Waals surface area contributed by atoms with Crippen LogP contribution in [-0.2, 0) is 229 Å². The van der Waals surface area contributed by atoms with Crippen LogP contribution in [0.5, 0.6) is 0 Å². The second-order valence-corrected chi connectivity index (χ2v) is 1.63. The Morgan fingerprint density at radius 3 is 0.867 bits per heavy atom. The maximum absolute atomic E-state index is 5.39. The Kier molecular flexibility index (Phi) is 82.6. The fraction of sp³-hybridized carbons (Fsp3) is 0. The summed E-state index contributed by atoms with van der Waals surface area (Å²) in [6.45, 7) is 10.8. The Labute approximate surface area is 268 Å². The largest absolute Gasteiger partial charge is 0.306 e. The topological polar surface area (TPSA) is 0 Å². The van der Waals surface area contributed by atoms with Crippen LogP contribution in [0.2, 0.25) is 0 Å². The fourth-order valence-corrected chi connectivity index (χ4v) is 0.511. The molecule has 1 aromatic carbocycles. The number of rotatable bonds is 0. The van der Waals surface area contributed by atoms with Gasteiger partial charge in [-0.1, -0.05) is 0 Å². The molecule has 0 aliphatic carbocycles. The minimum absolute atomic E-state index is 0. The van der Waals surface area contributed by atoms with Crippen LogP contribution in [0, 0.1) is 0 Å². The molecule has 0 spiro atoms. The van der Waals surface area contributed by atoms with Crippen molar-refractivity contribution in [3.8, 4) is 0 Å². The van der Waals surface area contributed by atoms with Crippen LogP contribution in [0.1, 0.15) is 0 Å². The SMILES string of the molecule is [CH-]=c1ccccc1=[CH-].[Y].[Y].[Y].[Y].[Y].[Y].[Y]. The first-order chi connectivity index (χ1) is 3.80. The van der Waals surface area contributed by atoms with Gasteiger partial charge in [-0.2, -0.15) is 0 Å². The number of benzene rings is 1. The molecule has 0 aliphatic heterocycles. The average Bonchev–Trinajstić information content (AvgIpc) is 1.77. The Balaban J connectivity index is -0.0000000183. The molecule has 0 unspecified atom stereocenters. The van der Waals surface area contributed by atoms with Crippen molar-refractivity contribution >= 4 is 13.2 Å². The molecular formula is C8H6Y7-2. The first-order valence-corrected chi connectivity index (χ1v) is 2.40. The molecule has 15 heavy (non-hydrogen) atoms.